The van der Waals surface area contributed by atoms with E-state index < -0.39 is 16.9 Å². The predicted octanol–water partition coefficient (Wildman–Crippen LogP) is 5.14. The first kappa shape index (κ1) is 29.0. The monoisotopic (exact) mass is 635 g/mol. The van der Waals surface area contributed by atoms with E-state index in [1.54, 1.807) is 62.4 Å². The Morgan fingerprint density at radius 1 is 1.09 bits per heavy atom. The van der Waals surface area contributed by atoms with Gasteiger partial charge in [0.2, 0.25) is 6.79 Å². The van der Waals surface area contributed by atoms with E-state index in [0.29, 0.717) is 60.3 Å². The number of nitro benzene ring substituents is 1. The summed E-state index contributed by atoms with van der Waals surface area (Å²) in [7, 11) is 0. The van der Waals surface area contributed by atoms with Crippen LogP contribution >= 0.6 is 11.3 Å². The Morgan fingerprint density at radius 2 is 1.89 bits per heavy atom. The molecule has 0 unspecified atom stereocenters. The van der Waals surface area contributed by atoms with Crippen LogP contribution in [0.2, 0.25) is 0 Å². The molecule has 0 amide bonds. The van der Waals surface area contributed by atoms with Gasteiger partial charge in [-0.15, -0.1) is 0 Å². The molecule has 230 valence electrons. The Morgan fingerprint density at radius 3 is 2.67 bits per heavy atom. The molecule has 7 rings (SSSR count). The molecule has 0 bridgehead atoms. The molecule has 46 heavy (non-hydrogen) atoms. The third-order valence-corrected chi connectivity index (χ3v) is 8.74. The summed E-state index contributed by atoms with van der Waals surface area (Å²) in [6, 6.07) is 21.9. The molecule has 0 spiro atoms. The molecular weight excluding hydrogens is 610 g/mol. The van der Waals surface area contributed by atoms with Gasteiger partial charge in [0, 0.05) is 28.8 Å². The molecule has 2 aliphatic heterocycles. The lowest BCUT2D eigenvalue weighted by Crippen LogP contribution is -2.40. The maximum atomic E-state index is 14.2. The molecule has 1 atom stereocenters. The van der Waals surface area contributed by atoms with Crippen molar-refractivity contribution in [3.63, 3.8) is 0 Å². The van der Waals surface area contributed by atoms with E-state index in [9.17, 15) is 19.7 Å². The van der Waals surface area contributed by atoms with E-state index in [4.69, 9.17) is 23.6 Å². The van der Waals surface area contributed by atoms with Crippen molar-refractivity contribution < 1.29 is 28.3 Å². The fourth-order valence-electron chi connectivity index (χ4n) is 5.63. The van der Waals surface area contributed by atoms with Crippen molar-refractivity contribution in [1.82, 2.24) is 4.57 Å². The second-order valence-electron chi connectivity index (χ2n) is 10.5. The number of furan rings is 1. The summed E-state index contributed by atoms with van der Waals surface area (Å²) >= 11 is 1.16. The fourth-order valence-corrected chi connectivity index (χ4v) is 6.61. The molecule has 0 N–H and O–H groups in total. The Hall–Kier alpha value is -5.75. The zero-order chi connectivity index (χ0) is 31.9. The molecule has 12 heteroatoms. The molecule has 5 aromatic rings. The van der Waals surface area contributed by atoms with E-state index in [1.807, 2.05) is 30.3 Å². The topological polar surface area (TPSA) is 135 Å². The summed E-state index contributed by atoms with van der Waals surface area (Å²) in [6.07, 6.45) is 1.60. The number of hydrogen-bond acceptors (Lipinski definition) is 10. The highest BCUT2D eigenvalue weighted by atomic mass is 32.1. The Balaban J connectivity index is 1.42. The van der Waals surface area contributed by atoms with Crippen molar-refractivity contribution in [2.45, 2.75) is 19.9 Å². The van der Waals surface area contributed by atoms with Crippen LogP contribution in [-0.2, 0) is 9.53 Å². The number of nitrogens with zero attached hydrogens (tertiary/aromatic N) is 3. The van der Waals surface area contributed by atoms with Crippen molar-refractivity contribution in [3.05, 3.63) is 137 Å². The van der Waals surface area contributed by atoms with Gasteiger partial charge in [0.15, 0.2) is 16.3 Å². The number of carbonyl (C=O) groups is 1. The number of carbonyl (C=O) groups excluding carboxylic acids is 1. The van der Waals surface area contributed by atoms with Gasteiger partial charge in [0.1, 0.15) is 11.5 Å². The Bertz CT molecular complexity index is 2250. The first-order valence-corrected chi connectivity index (χ1v) is 15.2. The van der Waals surface area contributed by atoms with Crippen LogP contribution < -0.4 is 24.4 Å². The maximum Gasteiger partial charge on any atom is 0.338 e. The van der Waals surface area contributed by atoms with Crippen LogP contribution in [-0.4, -0.2) is 28.9 Å². The fraction of sp³-hybridized carbons (Fsp3) is 0.147. The van der Waals surface area contributed by atoms with E-state index in [1.165, 1.54) is 10.6 Å². The van der Waals surface area contributed by atoms with Gasteiger partial charge in [-0.1, -0.05) is 59.9 Å². The highest BCUT2D eigenvalue weighted by Gasteiger charge is 2.36. The molecule has 0 saturated carbocycles. The molecular formula is C34H25N3O8S. The van der Waals surface area contributed by atoms with Gasteiger partial charge in [-0.3, -0.25) is 19.5 Å². The molecule has 0 aliphatic carbocycles. The first-order valence-electron chi connectivity index (χ1n) is 14.4. The van der Waals surface area contributed by atoms with Crippen LogP contribution in [0.4, 0.5) is 5.69 Å². The quantitative estimate of drug-likeness (QED) is 0.136. The summed E-state index contributed by atoms with van der Waals surface area (Å²) in [4.78, 5) is 44.1. The highest BCUT2D eigenvalue weighted by molar-refractivity contribution is 7.07. The number of rotatable bonds is 7. The van der Waals surface area contributed by atoms with Gasteiger partial charge in [-0.2, -0.15) is 0 Å². The summed E-state index contributed by atoms with van der Waals surface area (Å²) in [6.45, 7) is 3.58. The summed E-state index contributed by atoms with van der Waals surface area (Å²) < 4.78 is 24.5. The van der Waals surface area contributed by atoms with Crippen molar-refractivity contribution in [1.29, 1.82) is 0 Å². The van der Waals surface area contributed by atoms with Crippen LogP contribution in [0.5, 0.6) is 11.5 Å². The van der Waals surface area contributed by atoms with Gasteiger partial charge < -0.3 is 18.6 Å². The van der Waals surface area contributed by atoms with Gasteiger partial charge in [0.05, 0.1) is 33.4 Å². The van der Waals surface area contributed by atoms with Crippen LogP contribution in [0, 0.1) is 17.0 Å². The standard InChI is InChI=1S/C34H25N3O8S/c1-3-42-33(39)29-30(20-8-5-4-6-9-20)35-34-36(31(29)21-12-14-26-27(16-21)44-18-43-26)32(38)28(46-34)17-22-13-15-25(45-22)23-10-7-11-24(19(23)2)37(40)41/h4-17,31H,3,18H2,1-2H3/b28-17-/t31-/m1/s1. The second kappa shape index (κ2) is 11.6. The summed E-state index contributed by atoms with van der Waals surface area (Å²) in [5.74, 6) is 1.27. The van der Waals surface area contributed by atoms with E-state index >= 15 is 0 Å². The van der Waals surface area contributed by atoms with Crippen LogP contribution in [0.1, 0.15) is 35.4 Å². The summed E-state index contributed by atoms with van der Waals surface area (Å²) in [5, 5.41) is 11.5. The average Bonchev–Trinajstić information content (AvgIpc) is 3.80. The van der Waals surface area contributed by atoms with Gasteiger partial charge in [-0.05, 0) is 43.7 Å². The largest absolute Gasteiger partial charge is 0.463 e. The number of thiazole rings is 1. The lowest BCUT2D eigenvalue weighted by Gasteiger charge is -2.26. The predicted molar refractivity (Wildman–Crippen MR) is 169 cm³/mol. The molecule has 2 aliphatic rings. The number of nitro groups is 1. The normalized spacial score (nSPS) is 15.4. The number of fused-ring (bicyclic) bond motifs is 2. The van der Waals surface area contributed by atoms with Crippen LogP contribution in [0.3, 0.4) is 0 Å². The molecule has 11 nitrogen and oxygen atoms in total. The molecule has 3 aromatic carbocycles. The van der Waals surface area contributed by atoms with Crippen molar-refractivity contribution in [3.8, 4) is 22.8 Å². The molecule has 0 radical (unpaired) electrons. The number of aromatic nitrogens is 1. The third-order valence-electron chi connectivity index (χ3n) is 7.75. The third kappa shape index (κ3) is 4.98. The molecule has 0 fully saturated rings. The zero-order valence-corrected chi connectivity index (χ0v) is 25.4. The van der Waals surface area contributed by atoms with Crippen molar-refractivity contribution in [2.75, 3.05) is 13.4 Å². The number of esters is 1. The number of ether oxygens (including phenoxy) is 3. The molecule has 4 heterocycles. The van der Waals surface area contributed by atoms with Gasteiger partial charge in [0.25, 0.3) is 11.2 Å². The lowest BCUT2D eigenvalue weighted by atomic mass is 9.93. The average molecular weight is 636 g/mol. The Kier molecular flexibility index (Phi) is 7.33. The highest BCUT2D eigenvalue weighted by Crippen LogP contribution is 2.40. The smallest absolute Gasteiger partial charge is 0.338 e. The maximum absolute atomic E-state index is 14.2. The van der Waals surface area contributed by atoms with Gasteiger partial charge in [-0.25, -0.2) is 9.79 Å². The summed E-state index contributed by atoms with van der Waals surface area (Å²) in [5.41, 5.74) is 2.56. The minimum absolute atomic E-state index is 0.0149. The SMILES string of the molecule is CCOC(=O)C1=C(c2ccccc2)N=c2s/c(=C\c3ccc(-c4cccc([N+](=O)[O-])c4C)o3)c(=O)n2[C@@H]1c1ccc2c(c1)OCO2. The van der Waals surface area contributed by atoms with Crippen molar-refractivity contribution in [2.24, 2.45) is 4.99 Å². The first-order chi connectivity index (χ1) is 22.3. The molecule has 2 aromatic heterocycles. The van der Waals surface area contributed by atoms with Gasteiger partial charge >= 0.3 is 5.97 Å². The molecule has 0 saturated heterocycles. The lowest BCUT2D eigenvalue weighted by molar-refractivity contribution is -0.385. The van der Waals surface area contributed by atoms with E-state index in [2.05, 4.69) is 0 Å². The Labute approximate surface area is 265 Å². The van der Waals surface area contributed by atoms with E-state index in [0.717, 1.165) is 11.3 Å². The van der Waals surface area contributed by atoms with Crippen molar-refractivity contribution >= 4 is 34.8 Å². The minimum Gasteiger partial charge on any atom is -0.463 e. The van der Waals surface area contributed by atoms with Crippen LogP contribution in [0.25, 0.3) is 23.1 Å². The zero-order valence-electron chi connectivity index (χ0n) is 24.6. The second-order valence-corrected chi connectivity index (χ2v) is 11.5. The van der Waals surface area contributed by atoms with E-state index in [-0.39, 0.29) is 30.2 Å². The van der Waals surface area contributed by atoms with Crippen LogP contribution in [0.15, 0.2) is 98.6 Å². The minimum atomic E-state index is -0.887. The number of hydrogen-bond donors (Lipinski definition) is 0. The number of benzene rings is 3.